The molecule has 11 heavy (non-hydrogen) atoms. The Bertz CT molecular complexity index is 295. The van der Waals surface area contributed by atoms with E-state index in [-0.39, 0.29) is 10.6 Å². The van der Waals surface area contributed by atoms with Crippen molar-refractivity contribution < 1.29 is 4.74 Å². The van der Waals surface area contributed by atoms with E-state index < -0.39 is 0 Å². The lowest BCUT2D eigenvalue weighted by atomic mass is 10.6. The molecule has 0 saturated carbocycles. The Labute approximate surface area is 68.7 Å². The first kappa shape index (κ1) is 8.20. The van der Waals surface area contributed by atoms with E-state index in [1.54, 1.807) is 5.38 Å². The van der Waals surface area contributed by atoms with Crippen molar-refractivity contribution in [3.05, 3.63) is 20.6 Å². The third-order valence-electron chi connectivity index (χ3n) is 1.07. The molecule has 3 nitrogen and oxygen atoms in total. The molecule has 0 radical (unpaired) electrons. The summed E-state index contributed by atoms with van der Waals surface area (Å²) in [4.78, 5) is 14.9. The molecule has 0 amide bonds. The van der Waals surface area contributed by atoms with Gasteiger partial charge in [-0.1, -0.05) is 11.3 Å². The fraction of sp³-hybridized carbons (Fsp3) is 0.429. The molecule has 1 aromatic heterocycles. The van der Waals surface area contributed by atoms with Gasteiger partial charge in [0.25, 0.3) is 10.6 Å². The number of aromatic nitrogens is 1. The number of aryl methyl sites for hydroxylation is 1. The van der Waals surface area contributed by atoms with Crippen molar-refractivity contribution in [3.8, 4) is 5.88 Å². The normalized spacial score (nSPS) is 9.64. The third-order valence-corrected chi connectivity index (χ3v) is 1.92. The van der Waals surface area contributed by atoms with Crippen LogP contribution in [-0.2, 0) is 0 Å². The van der Waals surface area contributed by atoms with E-state index in [9.17, 15) is 4.79 Å². The van der Waals surface area contributed by atoms with Gasteiger partial charge in [-0.05, 0) is 13.8 Å². The summed E-state index contributed by atoms with van der Waals surface area (Å²) in [7, 11) is 0. The second kappa shape index (κ2) is 3.48. The minimum absolute atomic E-state index is 0.113. The molecule has 60 valence electrons. The zero-order valence-electron chi connectivity index (χ0n) is 6.46. The van der Waals surface area contributed by atoms with Crippen LogP contribution < -0.4 is 9.48 Å². The Balaban J connectivity index is 3.03. The van der Waals surface area contributed by atoms with Gasteiger partial charge < -0.3 is 4.74 Å². The topological polar surface area (TPSA) is 39.2 Å². The zero-order valence-corrected chi connectivity index (χ0v) is 7.27. The van der Waals surface area contributed by atoms with Crippen LogP contribution in [0.5, 0.6) is 5.88 Å². The molecule has 0 spiro atoms. The summed E-state index contributed by atoms with van der Waals surface area (Å²) >= 11 is 1.12. The quantitative estimate of drug-likeness (QED) is 0.671. The summed E-state index contributed by atoms with van der Waals surface area (Å²) in [6, 6.07) is 0. The average Bonchev–Trinajstić information content (AvgIpc) is 1.98. The Kier molecular flexibility index (Phi) is 2.59. The molecule has 0 atom stereocenters. The maximum Gasteiger partial charge on any atom is 0.294 e. The Hall–Kier alpha value is -0.900. The van der Waals surface area contributed by atoms with Crippen LogP contribution in [-0.4, -0.2) is 11.6 Å². The fourth-order valence-corrected chi connectivity index (χ4v) is 1.18. The second-order valence-electron chi connectivity index (χ2n) is 2.01. The van der Waals surface area contributed by atoms with Gasteiger partial charge in [0.1, 0.15) is 0 Å². The van der Waals surface area contributed by atoms with Crippen LogP contribution in [0.25, 0.3) is 0 Å². The van der Waals surface area contributed by atoms with Gasteiger partial charge in [0, 0.05) is 5.38 Å². The van der Waals surface area contributed by atoms with Crippen molar-refractivity contribution in [1.82, 2.24) is 4.98 Å². The molecular weight excluding hydrogens is 162 g/mol. The van der Waals surface area contributed by atoms with Gasteiger partial charge in [0.2, 0.25) is 0 Å². The first-order valence-corrected chi connectivity index (χ1v) is 4.21. The van der Waals surface area contributed by atoms with Gasteiger partial charge in [-0.3, -0.25) is 4.79 Å². The number of hydrogen-bond acceptors (Lipinski definition) is 4. The molecule has 0 N–H and O–H groups in total. The number of hydrogen-bond donors (Lipinski definition) is 0. The Morgan fingerprint density at radius 3 is 3.09 bits per heavy atom. The van der Waals surface area contributed by atoms with Crippen molar-refractivity contribution >= 4 is 11.3 Å². The van der Waals surface area contributed by atoms with Gasteiger partial charge in [0.05, 0.1) is 12.3 Å². The summed E-state index contributed by atoms with van der Waals surface area (Å²) in [5, 5.41) is 1.71. The van der Waals surface area contributed by atoms with E-state index in [0.29, 0.717) is 6.61 Å². The van der Waals surface area contributed by atoms with Crippen LogP contribution in [0.2, 0.25) is 0 Å². The Morgan fingerprint density at radius 1 is 1.73 bits per heavy atom. The van der Waals surface area contributed by atoms with Gasteiger partial charge in [-0.25, -0.2) is 4.98 Å². The molecular formula is C7H9NO2S. The van der Waals surface area contributed by atoms with Crippen molar-refractivity contribution in [2.75, 3.05) is 6.61 Å². The van der Waals surface area contributed by atoms with Crippen LogP contribution in [0.1, 0.15) is 12.6 Å². The molecule has 1 heterocycles. The highest BCUT2D eigenvalue weighted by Crippen LogP contribution is 2.02. The standard InChI is InChI=1S/C7H9NO2S/c1-3-10-6-7(9)11-4-5(2)8-6/h4H,3H2,1-2H3. The zero-order chi connectivity index (χ0) is 8.27. The average molecular weight is 171 g/mol. The van der Waals surface area contributed by atoms with E-state index in [4.69, 9.17) is 4.74 Å². The van der Waals surface area contributed by atoms with Crippen LogP contribution >= 0.6 is 11.3 Å². The third kappa shape index (κ3) is 2.01. The predicted octanol–water partition coefficient (Wildman–Crippen LogP) is 1.21. The van der Waals surface area contributed by atoms with Crippen molar-refractivity contribution in [2.24, 2.45) is 0 Å². The smallest absolute Gasteiger partial charge is 0.294 e. The lowest BCUT2D eigenvalue weighted by Gasteiger charge is -1.98. The highest BCUT2D eigenvalue weighted by atomic mass is 32.1. The Morgan fingerprint density at radius 2 is 2.45 bits per heavy atom. The van der Waals surface area contributed by atoms with E-state index in [2.05, 4.69) is 4.98 Å². The molecule has 4 heteroatoms. The monoisotopic (exact) mass is 171 g/mol. The highest BCUT2D eigenvalue weighted by Gasteiger charge is 2.00. The molecule has 0 aromatic carbocycles. The molecule has 0 fully saturated rings. The SMILES string of the molecule is CCOc1nc(C)csc1=O. The summed E-state index contributed by atoms with van der Waals surface area (Å²) in [5.74, 6) is 0.220. The van der Waals surface area contributed by atoms with Crippen molar-refractivity contribution in [3.63, 3.8) is 0 Å². The molecule has 0 bridgehead atoms. The van der Waals surface area contributed by atoms with E-state index in [1.165, 1.54) is 0 Å². The van der Waals surface area contributed by atoms with Crippen molar-refractivity contribution in [1.29, 1.82) is 0 Å². The first-order chi connectivity index (χ1) is 5.24. The van der Waals surface area contributed by atoms with Gasteiger partial charge >= 0.3 is 0 Å². The molecule has 0 saturated heterocycles. The lowest BCUT2D eigenvalue weighted by Crippen LogP contribution is -2.06. The van der Waals surface area contributed by atoms with E-state index in [1.807, 2.05) is 13.8 Å². The minimum atomic E-state index is -0.113. The number of nitrogens with zero attached hydrogens (tertiary/aromatic N) is 1. The van der Waals surface area contributed by atoms with Crippen LogP contribution in [0.4, 0.5) is 0 Å². The molecule has 1 rings (SSSR count). The summed E-state index contributed by atoms with van der Waals surface area (Å²) in [6.07, 6.45) is 0. The van der Waals surface area contributed by atoms with Crippen LogP contribution in [0, 0.1) is 6.92 Å². The maximum absolute atomic E-state index is 11.0. The summed E-state index contributed by atoms with van der Waals surface area (Å²) < 4.78 is 4.89. The van der Waals surface area contributed by atoms with Crippen molar-refractivity contribution in [2.45, 2.75) is 13.8 Å². The lowest BCUT2D eigenvalue weighted by molar-refractivity contribution is 0.324. The molecule has 1 aromatic rings. The van der Waals surface area contributed by atoms with Gasteiger partial charge in [0.15, 0.2) is 0 Å². The molecule has 0 aliphatic rings. The van der Waals surface area contributed by atoms with Crippen LogP contribution in [0.15, 0.2) is 10.2 Å². The number of ether oxygens (including phenoxy) is 1. The van der Waals surface area contributed by atoms with Gasteiger partial charge in [-0.15, -0.1) is 0 Å². The first-order valence-electron chi connectivity index (χ1n) is 3.33. The summed E-state index contributed by atoms with van der Waals surface area (Å²) in [5.41, 5.74) is 0.818. The molecule has 0 unspecified atom stereocenters. The van der Waals surface area contributed by atoms with E-state index in [0.717, 1.165) is 17.0 Å². The van der Waals surface area contributed by atoms with E-state index >= 15 is 0 Å². The fourth-order valence-electron chi connectivity index (χ4n) is 0.649. The van der Waals surface area contributed by atoms with Crippen LogP contribution in [0.3, 0.4) is 0 Å². The molecule has 0 aliphatic carbocycles. The second-order valence-corrected chi connectivity index (χ2v) is 2.86. The van der Waals surface area contributed by atoms with Gasteiger partial charge in [-0.2, -0.15) is 0 Å². The maximum atomic E-state index is 11.0. The minimum Gasteiger partial charge on any atom is -0.475 e. The largest absolute Gasteiger partial charge is 0.475 e. The predicted molar refractivity (Wildman–Crippen MR) is 44.3 cm³/mol. The molecule has 0 aliphatic heterocycles. The summed E-state index contributed by atoms with van der Waals surface area (Å²) in [6.45, 7) is 4.14. The number of rotatable bonds is 2. The highest BCUT2D eigenvalue weighted by molar-refractivity contribution is 7.07.